The van der Waals surface area contributed by atoms with Crippen molar-refractivity contribution in [2.24, 2.45) is 0 Å². The fourth-order valence-corrected chi connectivity index (χ4v) is 2.42. The summed E-state index contributed by atoms with van der Waals surface area (Å²) < 4.78 is 1.01. The standard InChI is InChI=1S/C16H16BrClN2O/c1-2-15(10-3-6-12(17)7-4-10)20-16(21)11-5-8-13(18)14(19)9-11/h3-9,15H,2,19H2,1H3,(H,20,21). The van der Waals surface area contributed by atoms with Gasteiger partial charge in [0.1, 0.15) is 0 Å². The fourth-order valence-electron chi connectivity index (χ4n) is 2.04. The molecule has 1 amide bonds. The highest BCUT2D eigenvalue weighted by atomic mass is 79.9. The van der Waals surface area contributed by atoms with Crippen molar-refractivity contribution in [1.82, 2.24) is 5.32 Å². The molecule has 1 unspecified atom stereocenters. The maximum Gasteiger partial charge on any atom is 0.251 e. The van der Waals surface area contributed by atoms with Crippen LogP contribution in [0.2, 0.25) is 5.02 Å². The summed E-state index contributed by atoms with van der Waals surface area (Å²) in [6.45, 7) is 2.03. The molecule has 3 nitrogen and oxygen atoms in total. The van der Waals surface area contributed by atoms with Crippen LogP contribution in [0.15, 0.2) is 46.9 Å². The number of amides is 1. The topological polar surface area (TPSA) is 55.1 Å². The summed E-state index contributed by atoms with van der Waals surface area (Å²) >= 11 is 9.27. The largest absolute Gasteiger partial charge is 0.398 e. The highest BCUT2D eigenvalue weighted by Crippen LogP contribution is 2.22. The first kappa shape index (κ1) is 15.9. The van der Waals surface area contributed by atoms with E-state index in [1.807, 2.05) is 31.2 Å². The molecule has 2 aromatic carbocycles. The molecule has 110 valence electrons. The van der Waals surface area contributed by atoms with E-state index in [0.717, 1.165) is 16.5 Å². The molecule has 0 fully saturated rings. The van der Waals surface area contributed by atoms with Crippen LogP contribution >= 0.6 is 27.5 Å². The molecular weight excluding hydrogens is 352 g/mol. The average Bonchev–Trinajstić information content (AvgIpc) is 2.48. The highest BCUT2D eigenvalue weighted by molar-refractivity contribution is 9.10. The number of nitrogens with two attached hydrogens (primary N) is 1. The van der Waals surface area contributed by atoms with Crippen LogP contribution in [-0.4, -0.2) is 5.91 Å². The predicted molar refractivity (Wildman–Crippen MR) is 90.5 cm³/mol. The van der Waals surface area contributed by atoms with Crippen molar-refractivity contribution >= 4 is 39.1 Å². The van der Waals surface area contributed by atoms with E-state index >= 15 is 0 Å². The molecule has 0 saturated heterocycles. The molecule has 0 saturated carbocycles. The predicted octanol–water partition coefficient (Wildman–Crippen LogP) is 4.57. The van der Waals surface area contributed by atoms with Gasteiger partial charge in [-0.25, -0.2) is 0 Å². The smallest absolute Gasteiger partial charge is 0.251 e. The van der Waals surface area contributed by atoms with E-state index in [1.165, 1.54) is 0 Å². The van der Waals surface area contributed by atoms with Crippen LogP contribution < -0.4 is 11.1 Å². The third kappa shape index (κ3) is 3.99. The number of anilines is 1. The second kappa shape index (κ2) is 6.96. The number of hydrogen-bond acceptors (Lipinski definition) is 2. The van der Waals surface area contributed by atoms with E-state index in [9.17, 15) is 4.79 Å². The van der Waals surface area contributed by atoms with Gasteiger partial charge in [0.25, 0.3) is 5.91 Å². The SMILES string of the molecule is CCC(NC(=O)c1ccc(Cl)c(N)c1)c1ccc(Br)cc1. The molecule has 5 heteroatoms. The number of rotatable bonds is 4. The van der Waals surface area contributed by atoms with Gasteiger partial charge in [0.15, 0.2) is 0 Å². The van der Waals surface area contributed by atoms with Crippen LogP contribution in [0.5, 0.6) is 0 Å². The Labute approximate surface area is 137 Å². The number of halogens is 2. The van der Waals surface area contributed by atoms with Gasteiger partial charge < -0.3 is 11.1 Å². The summed E-state index contributed by atoms with van der Waals surface area (Å²) in [7, 11) is 0. The molecule has 0 aromatic heterocycles. The molecule has 1 atom stereocenters. The molecule has 0 aliphatic heterocycles. The molecule has 0 radical (unpaired) electrons. The maximum atomic E-state index is 12.3. The Morgan fingerprint density at radius 3 is 2.52 bits per heavy atom. The van der Waals surface area contributed by atoms with Crippen LogP contribution in [0.3, 0.4) is 0 Å². The third-order valence-corrected chi connectivity index (χ3v) is 4.12. The van der Waals surface area contributed by atoms with Gasteiger partial charge in [-0.1, -0.05) is 46.6 Å². The van der Waals surface area contributed by atoms with Gasteiger partial charge in [0.2, 0.25) is 0 Å². The average molecular weight is 368 g/mol. The molecular formula is C16H16BrClN2O. The molecule has 0 aliphatic carbocycles. The van der Waals surface area contributed by atoms with Crippen molar-refractivity contribution in [3.05, 3.63) is 63.1 Å². The van der Waals surface area contributed by atoms with Crippen molar-refractivity contribution in [1.29, 1.82) is 0 Å². The Kier molecular flexibility index (Phi) is 5.26. The zero-order valence-corrected chi connectivity index (χ0v) is 13.9. The van der Waals surface area contributed by atoms with Crippen molar-refractivity contribution < 1.29 is 4.79 Å². The molecule has 0 bridgehead atoms. The zero-order valence-electron chi connectivity index (χ0n) is 11.6. The Morgan fingerprint density at radius 2 is 1.95 bits per heavy atom. The van der Waals surface area contributed by atoms with E-state index in [2.05, 4.69) is 21.2 Å². The van der Waals surface area contributed by atoms with Gasteiger partial charge in [-0.2, -0.15) is 0 Å². The van der Waals surface area contributed by atoms with Crippen molar-refractivity contribution in [3.63, 3.8) is 0 Å². The van der Waals surface area contributed by atoms with E-state index in [4.69, 9.17) is 17.3 Å². The zero-order chi connectivity index (χ0) is 15.4. The van der Waals surface area contributed by atoms with Gasteiger partial charge in [-0.3, -0.25) is 4.79 Å². The fraction of sp³-hybridized carbons (Fsp3) is 0.188. The van der Waals surface area contributed by atoms with Crippen LogP contribution in [0, 0.1) is 0 Å². The number of nitrogens with one attached hydrogen (secondary N) is 1. The highest BCUT2D eigenvalue weighted by Gasteiger charge is 2.14. The summed E-state index contributed by atoms with van der Waals surface area (Å²) in [6.07, 6.45) is 0.802. The Bertz CT molecular complexity index is 643. The first-order valence-electron chi connectivity index (χ1n) is 6.62. The second-order valence-corrected chi connectivity index (χ2v) is 6.05. The number of nitrogen functional groups attached to an aromatic ring is 1. The molecule has 0 heterocycles. The Hall–Kier alpha value is -1.52. The van der Waals surface area contributed by atoms with Gasteiger partial charge in [0.05, 0.1) is 16.8 Å². The van der Waals surface area contributed by atoms with E-state index < -0.39 is 0 Å². The lowest BCUT2D eigenvalue weighted by Crippen LogP contribution is -2.28. The Morgan fingerprint density at radius 1 is 1.29 bits per heavy atom. The minimum atomic E-state index is -0.159. The maximum absolute atomic E-state index is 12.3. The van der Waals surface area contributed by atoms with Crippen LogP contribution in [0.25, 0.3) is 0 Å². The lowest BCUT2D eigenvalue weighted by Gasteiger charge is -2.18. The van der Waals surface area contributed by atoms with Crippen LogP contribution in [-0.2, 0) is 0 Å². The summed E-state index contributed by atoms with van der Waals surface area (Å²) in [6, 6.07) is 12.8. The molecule has 0 spiro atoms. The van der Waals surface area contributed by atoms with Gasteiger partial charge in [-0.05, 0) is 42.3 Å². The third-order valence-electron chi connectivity index (χ3n) is 3.24. The summed E-state index contributed by atoms with van der Waals surface area (Å²) in [5.74, 6) is -0.159. The van der Waals surface area contributed by atoms with Crippen LogP contribution in [0.4, 0.5) is 5.69 Å². The minimum Gasteiger partial charge on any atom is -0.398 e. The number of hydrogen-bond donors (Lipinski definition) is 2. The van der Waals surface area contributed by atoms with Crippen molar-refractivity contribution in [2.45, 2.75) is 19.4 Å². The number of benzene rings is 2. The van der Waals surface area contributed by atoms with Gasteiger partial charge in [-0.15, -0.1) is 0 Å². The monoisotopic (exact) mass is 366 g/mol. The number of carbonyl (C=O) groups is 1. The summed E-state index contributed by atoms with van der Waals surface area (Å²) in [4.78, 5) is 12.3. The molecule has 2 aromatic rings. The molecule has 3 N–H and O–H groups in total. The van der Waals surface area contributed by atoms with E-state index in [1.54, 1.807) is 18.2 Å². The van der Waals surface area contributed by atoms with E-state index in [-0.39, 0.29) is 11.9 Å². The van der Waals surface area contributed by atoms with Crippen LogP contribution in [0.1, 0.15) is 35.3 Å². The lowest BCUT2D eigenvalue weighted by molar-refractivity contribution is 0.0935. The molecule has 0 aliphatic rings. The normalized spacial score (nSPS) is 12.0. The Balaban J connectivity index is 2.15. The van der Waals surface area contributed by atoms with Gasteiger partial charge >= 0.3 is 0 Å². The second-order valence-electron chi connectivity index (χ2n) is 4.72. The van der Waals surface area contributed by atoms with Gasteiger partial charge in [0, 0.05) is 10.0 Å². The molecule has 21 heavy (non-hydrogen) atoms. The van der Waals surface area contributed by atoms with Crippen molar-refractivity contribution in [3.8, 4) is 0 Å². The van der Waals surface area contributed by atoms with Crippen molar-refractivity contribution in [2.75, 3.05) is 5.73 Å². The summed E-state index contributed by atoms with van der Waals surface area (Å²) in [5, 5.41) is 3.46. The molecule has 2 rings (SSSR count). The van der Waals surface area contributed by atoms with E-state index in [0.29, 0.717) is 16.3 Å². The lowest BCUT2D eigenvalue weighted by atomic mass is 10.0. The minimum absolute atomic E-state index is 0.0393. The quantitative estimate of drug-likeness (QED) is 0.778. The summed E-state index contributed by atoms with van der Waals surface area (Å²) in [5.41, 5.74) is 7.71. The first-order valence-corrected chi connectivity index (χ1v) is 7.79. The first-order chi connectivity index (χ1) is 10.0. The number of carbonyl (C=O) groups excluding carboxylic acids is 1.